The molecule has 3 heterocycles. The number of hydrogen-bond acceptors (Lipinski definition) is 5. The van der Waals surface area contributed by atoms with Gasteiger partial charge < -0.3 is 4.90 Å². The topological polar surface area (TPSA) is 69.3 Å². The summed E-state index contributed by atoms with van der Waals surface area (Å²) in [4.78, 5) is 4.21. The molecule has 0 amide bonds. The van der Waals surface area contributed by atoms with Crippen LogP contribution in [0.25, 0.3) is 10.6 Å². The lowest BCUT2D eigenvalue weighted by Crippen LogP contribution is -2.48. The Labute approximate surface area is 180 Å². The van der Waals surface area contributed by atoms with E-state index >= 15 is 0 Å². The molecule has 4 rings (SSSR count). The van der Waals surface area contributed by atoms with E-state index in [9.17, 15) is 8.42 Å². The summed E-state index contributed by atoms with van der Waals surface area (Å²) in [6.45, 7) is 7.97. The third-order valence-electron chi connectivity index (χ3n) is 5.39. The summed E-state index contributed by atoms with van der Waals surface area (Å²) in [7, 11) is -3.55. The van der Waals surface area contributed by atoms with Gasteiger partial charge in [-0.05, 0) is 50.6 Å². The summed E-state index contributed by atoms with van der Waals surface area (Å²) in [5.74, 6) is 0. The Bertz CT molecular complexity index is 1150. The van der Waals surface area contributed by atoms with Gasteiger partial charge in [0.15, 0.2) is 0 Å². The van der Waals surface area contributed by atoms with Gasteiger partial charge in [-0.3, -0.25) is 5.10 Å². The minimum atomic E-state index is -3.55. The van der Waals surface area contributed by atoms with E-state index in [-0.39, 0.29) is 0 Å². The number of aryl methyl sites for hydroxylation is 2. The van der Waals surface area contributed by atoms with Gasteiger partial charge in [0, 0.05) is 47.5 Å². The molecule has 1 N–H and O–H groups in total. The van der Waals surface area contributed by atoms with Gasteiger partial charge >= 0.3 is 0 Å². The number of hydrogen-bond donors (Lipinski definition) is 1. The third-order valence-corrected chi connectivity index (χ3v) is 8.83. The average molecular weight is 451 g/mol. The fourth-order valence-electron chi connectivity index (χ4n) is 3.56. The summed E-state index contributed by atoms with van der Waals surface area (Å²) >= 11 is 7.56. The van der Waals surface area contributed by atoms with E-state index in [4.69, 9.17) is 11.6 Å². The van der Waals surface area contributed by atoms with E-state index in [2.05, 4.69) is 15.1 Å². The maximum atomic E-state index is 13.3. The number of sulfonamides is 1. The molecule has 9 heteroatoms. The predicted molar refractivity (Wildman–Crippen MR) is 119 cm³/mol. The first-order chi connectivity index (χ1) is 13.8. The van der Waals surface area contributed by atoms with Crippen LogP contribution in [0.5, 0.6) is 0 Å². The van der Waals surface area contributed by atoms with Crippen molar-refractivity contribution in [3.8, 4) is 10.6 Å². The highest BCUT2D eigenvalue weighted by atomic mass is 35.5. The number of nitrogens with zero attached hydrogens (tertiary/aromatic N) is 3. The zero-order valence-corrected chi connectivity index (χ0v) is 19.0. The number of anilines is 1. The van der Waals surface area contributed by atoms with Crippen LogP contribution in [-0.2, 0) is 10.0 Å². The number of halogens is 1. The lowest BCUT2D eigenvalue weighted by Gasteiger charge is -2.35. The molecule has 6 nitrogen and oxygen atoms in total. The molecule has 0 aliphatic carbocycles. The van der Waals surface area contributed by atoms with Crippen LogP contribution in [0.3, 0.4) is 0 Å². The van der Waals surface area contributed by atoms with Crippen molar-refractivity contribution in [2.75, 3.05) is 31.1 Å². The first-order valence-electron chi connectivity index (χ1n) is 9.40. The molecule has 1 fully saturated rings. The van der Waals surface area contributed by atoms with Crippen LogP contribution < -0.4 is 4.90 Å². The largest absolute Gasteiger partial charge is 0.369 e. The second kappa shape index (κ2) is 7.75. The van der Waals surface area contributed by atoms with Crippen LogP contribution in [0.15, 0.2) is 35.2 Å². The van der Waals surface area contributed by atoms with Crippen molar-refractivity contribution in [1.29, 1.82) is 0 Å². The second-order valence-electron chi connectivity index (χ2n) is 7.22. The molecule has 1 saturated heterocycles. The van der Waals surface area contributed by atoms with Crippen LogP contribution in [0.2, 0.25) is 5.02 Å². The Balaban J connectivity index is 1.55. The second-order valence-corrected chi connectivity index (χ2v) is 10.8. The minimum Gasteiger partial charge on any atom is -0.369 e. The predicted octanol–water partition coefficient (Wildman–Crippen LogP) is 4.23. The van der Waals surface area contributed by atoms with Gasteiger partial charge in [-0.1, -0.05) is 17.7 Å². The smallest absolute Gasteiger partial charge is 0.244 e. The number of thiophene rings is 1. The van der Waals surface area contributed by atoms with Crippen molar-refractivity contribution in [2.45, 2.75) is 25.7 Å². The van der Waals surface area contributed by atoms with E-state index in [0.29, 0.717) is 36.1 Å². The van der Waals surface area contributed by atoms with Crippen molar-refractivity contribution in [3.05, 3.63) is 51.5 Å². The molecule has 0 saturated carbocycles. The monoisotopic (exact) mass is 450 g/mol. The Morgan fingerprint density at radius 3 is 2.45 bits per heavy atom. The van der Waals surface area contributed by atoms with Crippen molar-refractivity contribution >= 4 is 38.6 Å². The van der Waals surface area contributed by atoms with Crippen LogP contribution in [-0.4, -0.2) is 49.1 Å². The van der Waals surface area contributed by atoms with Gasteiger partial charge in [0.05, 0.1) is 9.77 Å². The highest BCUT2D eigenvalue weighted by molar-refractivity contribution is 7.89. The fraction of sp³-hybridized carbons (Fsp3) is 0.350. The molecule has 3 aromatic rings. The highest BCUT2D eigenvalue weighted by Gasteiger charge is 2.31. The molecule has 29 heavy (non-hydrogen) atoms. The first kappa shape index (κ1) is 20.4. The Kier molecular flexibility index (Phi) is 5.46. The summed E-state index contributed by atoms with van der Waals surface area (Å²) in [6.07, 6.45) is 0. The molecule has 2 aromatic heterocycles. The van der Waals surface area contributed by atoms with Crippen LogP contribution in [0.4, 0.5) is 5.69 Å². The molecule has 0 spiro atoms. The van der Waals surface area contributed by atoms with Gasteiger partial charge in [-0.2, -0.15) is 9.40 Å². The number of piperazine rings is 1. The third kappa shape index (κ3) is 3.82. The summed E-state index contributed by atoms with van der Waals surface area (Å²) in [6, 6.07) is 9.43. The number of aromatic amines is 1. The Morgan fingerprint density at radius 2 is 1.83 bits per heavy atom. The average Bonchev–Trinajstić information content (AvgIpc) is 3.25. The molecule has 0 radical (unpaired) electrons. The lowest BCUT2D eigenvalue weighted by atomic mass is 10.2. The van der Waals surface area contributed by atoms with E-state index < -0.39 is 10.0 Å². The van der Waals surface area contributed by atoms with E-state index in [1.807, 2.05) is 45.0 Å². The molecule has 1 aromatic carbocycles. The van der Waals surface area contributed by atoms with Crippen LogP contribution in [0, 0.1) is 20.8 Å². The van der Waals surface area contributed by atoms with Crippen molar-refractivity contribution in [2.24, 2.45) is 0 Å². The first-order valence-corrected chi connectivity index (χ1v) is 12.0. The van der Waals surface area contributed by atoms with Gasteiger partial charge in [-0.25, -0.2) is 8.42 Å². The van der Waals surface area contributed by atoms with Gasteiger partial charge in [0.25, 0.3) is 0 Å². The summed E-state index contributed by atoms with van der Waals surface area (Å²) in [5.41, 5.74) is 3.88. The number of rotatable bonds is 4. The van der Waals surface area contributed by atoms with Crippen LogP contribution >= 0.6 is 22.9 Å². The summed E-state index contributed by atoms with van der Waals surface area (Å²) in [5, 5.41) is 8.00. The maximum absolute atomic E-state index is 13.3. The zero-order chi connectivity index (χ0) is 20.8. The quantitative estimate of drug-likeness (QED) is 0.645. The molecule has 0 atom stereocenters. The van der Waals surface area contributed by atoms with E-state index in [1.54, 1.807) is 10.4 Å². The zero-order valence-electron chi connectivity index (χ0n) is 16.6. The van der Waals surface area contributed by atoms with Gasteiger partial charge in [0.1, 0.15) is 5.69 Å². The number of H-pyrrole nitrogens is 1. The Morgan fingerprint density at radius 1 is 1.10 bits per heavy atom. The molecule has 0 bridgehead atoms. The van der Waals surface area contributed by atoms with Gasteiger partial charge in [0.2, 0.25) is 10.0 Å². The molecular formula is C20H23ClN4O2S2. The number of aromatic nitrogens is 2. The lowest BCUT2D eigenvalue weighted by molar-refractivity contribution is 0.385. The molecule has 1 aliphatic heterocycles. The standard InChI is InChI=1S/C20H23ClN4O2S2/c1-13-14(2)22-23-20(13)18-12-19(15(3)28-18)29(26,27)25-9-7-24(8-10-25)17-6-4-5-16(21)11-17/h4-6,11-12H,7-10H2,1-3H3,(H,22,23). The maximum Gasteiger partial charge on any atom is 0.244 e. The number of benzene rings is 1. The summed E-state index contributed by atoms with van der Waals surface area (Å²) < 4.78 is 28.2. The minimum absolute atomic E-state index is 0.383. The molecule has 0 unspecified atom stereocenters. The molecule has 1 aliphatic rings. The Hall–Kier alpha value is -1.87. The van der Waals surface area contributed by atoms with Crippen molar-refractivity contribution in [3.63, 3.8) is 0 Å². The number of nitrogens with one attached hydrogen (secondary N) is 1. The van der Waals surface area contributed by atoms with E-state index in [1.165, 1.54) is 11.3 Å². The fourth-order valence-corrected chi connectivity index (χ4v) is 6.78. The van der Waals surface area contributed by atoms with Crippen molar-refractivity contribution in [1.82, 2.24) is 14.5 Å². The van der Waals surface area contributed by atoms with E-state index in [0.717, 1.165) is 32.4 Å². The highest BCUT2D eigenvalue weighted by Crippen LogP contribution is 2.36. The molecule has 154 valence electrons. The van der Waals surface area contributed by atoms with Crippen LogP contribution in [0.1, 0.15) is 16.1 Å². The molecular weight excluding hydrogens is 428 g/mol. The van der Waals surface area contributed by atoms with Gasteiger partial charge in [-0.15, -0.1) is 11.3 Å². The van der Waals surface area contributed by atoms with Crippen molar-refractivity contribution < 1.29 is 8.42 Å². The normalized spacial score (nSPS) is 15.8. The SMILES string of the molecule is Cc1[nH]nc(-c2cc(S(=O)(=O)N3CCN(c4cccc(Cl)c4)CC3)c(C)s2)c1C.